The number of benzene rings is 6. The molecule has 0 heterocycles. The molecule has 6 nitrogen and oxygen atoms in total. The van der Waals surface area contributed by atoms with E-state index in [1.165, 1.54) is 27.8 Å². The molecule has 1 N–H and O–H groups in total. The molecule has 0 unspecified atom stereocenters. The van der Waals surface area contributed by atoms with Crippen molar-refractivity contribution in [1.82, 2.24) is 10.2 Å². The largest absolute Gasteiger partial charge is 0.493 e. The van der Waals surface area contributed by atoms with Crippen LogP contribution in [0.5, 0.6) is 17.2 Å². The molecule has 66 heavy (non-hydrogen) atoms. The Kier molecular flexibility index (Phi) is 18.7. The highest BCUT2D eigenvalue weighted by atomic mass is 28.4. The third-order valence-electron chi connectivity index (χ3n) is 13.1. The van der Waals surface area contributed by atoms with E-state index in [-0.39, 0.29) is 17.1 Å². The first-order valence-corrected chi connectivity index (χ1v) is 27.1. The number of nitrogens with zero attached hydrogens (tertiary/aromatic N) is 1. The van der Waals surface area contributed by atoms with E-state index in [2.05, 4.69) is 205 Å². The van der Waals surface area contributed by atoms with Crippen molar-refractivity contribution in [3.8, 4) is 17.2 Å². The van der Waals surface area contributed by atoms with Gasteiger partial charge in [0.05, 0.1) is 12.7 Å². The zero-order valence-corrected chi connectivity index (χ0v) is 42.3. The van der Waals surface area contributed by atoms with Gasteiger partial charge < -0.3 is 24.0 Å². The van der Waals surface area contributed by atoms with Crippen LogP contribution in [0.2, 0.25) is 18.1 Å². The number of hydrogen-bond donors (Lipinski definition) is 1. The average Bonchev–Trinajstić information content (AvgIpc) is 3.31. The van der Waals surface area contributed by atoms with Crippen molar-refractivity contribution in [2.24, 2.45) is 0 Å². The summed E-state index contributed by atoms with van der Waals surface area (Å²) in [4.78, 5) is 2.59. The monoisotopic (exact) mass is 905 g/mol. The Morgan fingerprint density at radius 3 is 1.70 bits per heavy atom. The Morgan fingerprint density at radius 2 is 1.11 bits per heavy atom. The first kappa shape index (κ1) is 50.2. The predicted molar refractivity (Wildman–Crippen MR) is 278 cm³/mol. The highest BCUT2D eigenvalue weighted by molar-refractivity contribution is 6.74. The van der Waals surface area contributed by atoms with Gasteiger partial charge >= 0.3 is 0 Å². The van der Waals surface area contributed by atoms with Gasteiger partial charge in [-0.2, -0.15) is 0 Å². The first-order chi connectivity index (χ1) is 31.8. The lowest BCUT2D eigenvalue weighted by Gasteiger charge is -2.39. The maximum atomic E-state index is 7.01. The van der Waals surface area contributed by atoms with Crippen LogP contribution >= 0.6 is 0 Å². The molecular formula is C59H76N2O4Si. The van der Waals surface area contributed by atoms with Crippen LogP contribution in [0.3, 0.4) is 0 Å². The molecule has 2 atom stereocenters. The van der Waals surface area contributed by atoms with E-state index < -0.39 is 8.32 Å². The number of ether oxygens (including phenoxy) is 3. The fourth-order valence-electron chi connectivity index (χ4n) is 8.25. The van der Waals surface area contributed by atoms with Crippen molar-refractivity contribution < 1.29 is 18.6 Å². The Labute approximate surface area is 398 Å². The van der Waals surface area contributed by atoms with Gasteiger partial charge in [-0.1, -0.05) is 148 Å². The summed E-state index contributed by atoms with van der Waals surface area (Å²) in [5.74, 6) is 2.88. The normalized spacial score (nSPS) is 13.0. The molecule has 6 aromatic carbocycles. The molecule has 0 aliphatic carbocycles. The summed E-state index contributed by atoms with van der Waals surface area (Å²) in [6, 6.07) is 56.4. The lowest BCUT2D eigenvalue weighted by atomic mass is 9.86. The highest BCUT2D eigenvalue weighted by Gasteiger charge is 2.39. The molecular weight excluding hydrogens is 829 g/mol. The van der Waals surface area contributed by atoms with Gasteiger partial charge in [-0.15, -0.1) is 0 Å². The number of hydrogen-bond acceptors (Lipinski definition) is 6. The van der Waals surface area contributed by atoms with Crippen molar-refractivity contribution in [2.75, 3.05) is 26.2 Å². The zero-order valence-electron chi connectivity index (χ0n) is 41.3. The van der Waals surface area contributed by atoms with Crippen molar-refractivity contribution >= 4 is 8.32 Å². The van der Waals surface area contributed by atoms with Gasteiger partial charge in [-0.3, -0.25) is 4.90 Å². The summed E-state index contributed by atoms with van der Waals surface area (Å²) in [5, 5.41) is 3.83. The molecule has 0 aliphatic rings. The maximum Gasteiger partial charge on any atom is 0.192 e. The van der Waals surface area contributed by atoms with E-state index in [9.17, 15) is 0 Å². The van der Waals surface area contributed by atoms with E-state index in [4.69, 9.17) is 18.6 Å². The second kappa shape index (κ2) is 24.5. The SMILES string of the molecule is CC(C)N(CC[C@H](c1ccccc1)c1cc(CCOc2ccc(CCNC[C@H](O[Si](C)(C)C(C)(C)C)c3ccc(OCc4ccccc4)cc3)cc2)ccc1OCc1ccccc1)C(C)C. The molecule has 0 bridgehead atoms. The molecule has 6 aromatic rings. The van der Waals surface area contributed by atoms with Gasteiger partial charge in [0.2, 0.25) is 0 Å². The van der Waals surface area contributed by atoms with E-state index in [1.807, 2.05) is 24.3 Å². The molecule has 0 radical (unpaired) electrons. The first-order valence-electron chi connectivity index (χ1n) is 24.2. The molecule has 0 saturated carbocycles. The Bertz CT molecular complexity index is 2290. The van der Waals surface area contributed by atoms with Crippen LogP contribution in [0.15, 0.2) is 158 Å². The zero-order chi connectivity index (χ0) is 46.9. The van der Waals surface area contributed by atoms with Crippen LogP contribution in [0.4, 0.5) is 0 Å². The van der Waals surface area contributed by atoms with Crippen molar-refractivity contribution in [2.45, 2.75) is 123 Å². The quantitative estimate of drug-likeness (QED) is 0.0456. The van der Waals surface area contributed by atoms with Gasteiger partial charge in [-0.25, -0.2) is 0 Å². The average molecular weight is 905 g/mol. The molecule has 0 aliphatic heterocycles. The Balaban J connectivity index is 1.06. The van der Waals surface area contributed by atoms with Gasteiger partial charge in [0.1, 0.15) is 30.5 Å². The molecule has 0 fully saturated rings. The summed E-state index contributed by atoms with van der Waals surface area (Å²) < 4.78 is 26.1. The molecule has 0 spiro atoms. The van der Waals surface area contributed by atoms with Crippen molar-refractivity contribution in [3.63, 3.8) is 0 Å². The van der Waals surface area contributed by atoms with Crippen LogP contribution in [0.1, 0.15) is 106 Å². The lowest BCUT2D eigenvalue weighted by molar-refractivity contribution is 0.170. The third-order valence-corrected chi connectivity index (χ3v) is 17.6. The van der Waals surface area contributed by atoms with Gasteiger partial charge in [-0.05, 0) is 135 Å². The van der Waals surface area contributed by atoms with Crippen molar-refractivity contribution in [3.05, 3.63) is 197 Å². The third kappa shape index (κ3) is 15.2. The smallest absolute Gasteiger partial charge is 0.192 e. The fourth-order valence-corrected chi connectivity index (χ4v) is 9.54. The van der Waals surface area contributed by atoms with Crippen LogP contribution < -0.4 is 19.5 Å². The summed E-state index contributed by atoms with van der Waals surface area (Å²) >= 11 is 0. The van der Waals surface area contributed by atoms with Crippen LogP contribution in [-0.4, -0.2) is 51.5 Å². The van der Waals surface area contributed by atoms with E-state index in [0.717, 1.165) is 67.3 Å². The second-order valence-corrected chi connectivity index (χ2v) is 24.5. The standard InChI is InChI=1S/C59H76N2O4Si/c1-45(2)61(46(3)4)39-36-55(51-23-17-12-18-24-51)56-41-48(27-34-57(56)64-44-50-21-15-11-16-22-50)37-40-62-53-30-25-47(26-31-53)35-38-60-42-58(65-66(8,9)59(5,6)7)52-28-32-54(33-29-52)63-43-49-19-13-10-14-20-49/h10-34,41,45-46,55,58,60H,35-40,42-44H2,1-9H3/t55-,58+/m1/s1. The second-order valence-electron chi connectivity index (χ2n) is 19.7. The van der Waals surface area contributed by atoms with E-state index in [0.29, 0.717) is 31.9 Å². The maximum absolute atomic E-state index is 7.01. The molecule has 0 saturated heterocycles. The number of nitrogens with one attached hydrogen (secondary N) is 1. The van der Waals surface area contributed by atoms with Gasteiger partial charge in [0.25, 0.3) is 0 Å². The molecule has 0 amide bonds. The Morgan fingerprint density at radius 1 is 0.561 bits per heavy atom. The Hall–Kier alpha value is -5.18. The molecule has 6 rings (SSSR count). The number of rotatable bonds is 25. The van der Waals surface area contributed by atoms with Crippen LogP contribution in [0.25, 0.3) is 0 Å². The molecule has 350 valence electrons. The topological polar surface area (TPSA) is 52.2 Å². The van der Waals surface area contributed by atoms with Gasteiger partial charge in [0, 0.05) is 36.5 Å². The molecule has 0 aromatic heterocycles. The van der Waals surface area contributed by atoms with Gasteiger partial charge in [0.15, 0.2) is 8.32 Å². The van der Waals surface area contributed by atoms with Crippen molar-refractivity contribution in [1.29, 1.82) is 0 Å². The van der Waals surface area contributed by atoms with Crippen LogP contribution in [0, 0.1) is 0 Å². The minimum atomic E-state index is -2.03. The highest BCUT2D eigenvalue weighted by Crippen LogP contribution is 2.40. The van der Waals surface area contributed by atoms with E-state index >= 15 is 0 Å². The summed E-state index contributed by atoms with van der Waals surface area (Å²) in [7, 11) is -2.03. The summed E-state index contributed by atoms with van der Waals surface area (Å²) in [6.07, 6.45) is 2.65. The minimum Gasteiger partial charge on any atom is -0.493 e. The minimum absolute atomic E-state index is 0.0525. The van der Waals surface area contributed by atoms with Crippen LogP contribution in [-0.2, 0) is 30.5 Å². The summed E-state index contributed by atoms with van der Waals surface area (Å²) in [6.45, 7) is 25.0. The van der Waals surface area contributed by atoms with E-state index in [1.54, 1.807) is 0 Å². The molecule has 7 heteroatoms. The lowest BCUT2D eigenvalue weighted by Crippen LogP contribution is -2.43. The predicted octanol–water partition coefficient (Wildman–Crippen LogP) is 14.0. The fraction of sp³-hybridized carbons (Fsp3) is 0.390. The summed E-state index contributed by atoms with van der Waals surface area (Å²) in [5.41, 5.74) is 8.55.